The highest BCUT2D eigenvalue weighted by Crippen LogP contribution is 2.41. The Morgan fingerprint density at radius 2 is 1.93 bits per heavy atom. The minimum absolute atomic E-state index is 0.00835. The van der Waals surface area contributed by atoms with E-state index >= 15 is 0 Å². The molecule has 0 fully saturated rings. The molecule has 1 amide bonds. The number of hydrogen-bond acceptors (Lipinski definition) is 4. The number of nitrogens with zero attached hydrogens (tertiary/aromatic N) is 3. The number of rotatable bonds is 2. The molecule has 6 heteroatoms. The largest absolute Gasteiger partial charge is 0.310 e. The second-order valence-corrected chi connectivity index (χ2v) is 8.46. The lowest BCUT2D eigenvalue weighted by Crippen LogP contribution is -2.25. The second-order valence-electron chi connectivity index (χ2n) is 7.45. The van der Waals surface area contributed by atoms with Gasteiger partial charge in [0.05, 0.1) is 15.9 Å². The van der Waals surface area contributed by atoms with Crippen molar-refractivity contribution in [2.24, 2.45) is 0 Å². The van der Waals surface area contributed by atoms with Gasteiger partial charge in [-0.2, -0.15) is 9.78 Å². The average molecular weight is 388 g/mol. The van der Waals surface area contributed by atoms with Crippen LogP contribution in [0.1, 0.15) is 40.3 Å². The molecule has 2 aromatic carbocycles. The zero-order chi connectivity index (χ0) is 19.4. The maximum atomic E-state index is 12.5. The summed E-state index contributed by atoms with van der Waals surface area (Å²) in [7, 11) is 0. The third kappa shape index (κ3) is 2.72. The molecular formula is C22H20N4OS. The van der Waals surface area contributed by atoms with Crippen molar-refractivity contribution in [1.29, 1.82) is 0 Å². The van der Waals surface area contributed by atoms with E-state index in [4.69, 9.17) is 10.1 Å². The van der Waals surface area contributed by atoms with E-state index in [1.54, 1.807) is 16.0 Å². The molecule has 1 aliphatic heterocycles. The molecule has 0 radical (unpaired) electrons. The summed E-state index contributed by atoms with van der Waals surface area (Å²) < 4.78 is 2.92. The molecule has 1 N–H and O–H groups in total. The molecule has 0 bridgehead atoms. The van der Waals surface area contributed by atoms with E-state index in [0.717, 1.165) is 38.0 Å². The average Bonchev–Trinajstić information content (AvgIpc) is 3.21. The number of carbonyl (C=O) groups is 1. The number of anilines is 1. The summed E-state index contributed by atoms with van der Waals surface area (Å²) in [6.45, 7) is 6.16. The van der Waals surface area contributed by atoms with Gasteiger partial charge in [-0.1, -0.05) is 47.2 Å². The van der Waals surface area contributed by atoms with Crippen LogP contribution in [0.15, 0.2) is 42.5 Å². The van der Waals surface area contributed by atoms with Crippen molar-refractivity contribution in [2.75, 3.05) is 5.32 Å². The van der Waals surface area contributed by atoms with Gasteiger partial charge in [0.2, 0.25) is 11.0 Å². The molecule has 0 aliphatic carbocycles. The summed E-state index contributed by atoms with van der Waals surface area (Å²) in [4.78, 5) is 17.3. The smallest absolute Gasteiger partial charge is 0.226 e. The number of amides is 1. The van der Waals surface area contributed by atoms with Gasteiger partial charge < -0.3 is 5.32 Å². The van der Waals surface area contributed by atoms with Gasteiger partial charge in [0, 0.05) is 17.9 Å². The van der Waals surface area contributed by atoms with Crippen LogP contribution in [0.3, 0.4) is 0 Å². The molecule has 5 rings (SSSR count). The van der Waals surface area contributed by atoms with Crippen molar-refractivity contribution >= 4 is 33.3 Å². The van der Waals surface area contributed by atoms with Crippen LogP contribution in [0.4, 0.5) is 5.82 Å². The van der Waals surface area contributed by atoms with Gasteiger partial charge in [0.1, 0.15) is 5.82 Å². The molecule has 0 saturated heterocycles. The Morgan fingerprint density at radius 1 is 1.11 bits per heavy atom. The van der Waals surface area contributed by atoms with E-state index in [2.05, 4.69) is 49.5 Å². The lowest BCUT2D eigenvalue weighted by Gasteiger charge is -2.24. The van der Waals surface area contributed by atoms with Crippen LogP contribution in [-0.4, -0.2) is 20.7 Å². The fraction of sp³-hybridized carbons (Fsp3) is 0.227. The summed E-state index contributed by atoms with van der Waals surface area (Å²) in [6, 6.07) is 14.6. The summed E-state index contributed by atoms with van der Waals surface area (Å²) >= 11 is 1.59. The lowest BCUT2D eigenvalue weighted by molar-refractivity contribution is -0.116. The number of aromatic nitrogens is 3. The molecule has 4 aromatic rings. The van der Waals surface area contributed by atoms with Gasteiger partial charge in [0.25, 0.3) is 0 Å². The fourth-order valence-corrected chi connectivity index (χ4v) is 4.99. The predicted octanol–water partition coefficient (Wildman–Crippen LogP) is 4.88. The van der Waals surface area contributed by atoms with Crippen molar-refractivity contribution in [1.82, 2.24) is 14.8 Å². The van der Waals surface area contributed by atoms with Crippen molar-refractivity contribution in [3.63, 3.8) is 0 Å². The first-order valence-corrected chi connectivity index (χ1v) is 10.1. The van der Waals surface area contributed by atoms with Crippen molar-refractivity contribution in [3.05, 3.63) is 70.4 Å². The Balaban J connectivity index is 1.68. The number of hydrogen-bond donors (Lipinski definition) is 1. The first-order chi connectivity index (χ1) is 13.5. The zero-order valence-corrected chi connectivity index (χ0v) is 16.8. The number of carbonyl (C=O) groups excluding carboxylic acids is 1. The fourth-order valence-electron chi connectivity index (χ4n) is 3.97. The molecule has 3 heterocycles. The van der Waals surface area contributed by atoms with Crippen molar-refractivity contribution in [2.45, 2.75) is 33.1 Å². The molecule has 1 aliphatic rings. The highest BCUT2D eigenvalue weighted by Gasteiger charge is 2.33. The Morgan fingerprint density at radius 3 is 2.75 bits per heavy atom. The van der Waals surface area contributed by atoms with Crippen LogP contribution in [0, 0.1) is 20.8 Å². The predicted molar refractivity (Wildman–Crippen MR) is 112 cm³/mol. The van der Waals surface area contributed by atoms with Gasteiger partial charge in [-0.15, -0.1) is 0 Å². The topological polar surface area (TPSA) is 59.8 Å². The van der Waals surface area contributed by atoms with E-state index in [1.165, 1.54) is 11.1 Å². The maximum Gasteiger partial charge on any atom is 0.226 e. The highest BCUT2D eigenvalue weighted by molar-refractivity contribution is 7.20. The van der Waals surface area contributed by atoms with Gasteiger partial charge in [0.15, 0.2) is 0 Å². The SMILES string of the molecule is Cc1cccc(C2CC(=O)Nc3c2c(C)nn3-c2nc3ccc(C)cc3s2)c1. The Kier molecular flexibility index (Phi) is 3.84. The lowest BCUT2D eigenvalue weighted by atomic mass is 9.85. The van der Waals surface area contributed by atoms with Crippen LogP contribution < -0.4 is 5.32 Å². The number of nitrogens with one attached hydrogen (secondary N) is 1. The van der Waals surface area contributed by atoms with Crippen LogP contribution in [-0.2, 0) is 4.79 Å². The number of thiazole rings is 1. The molecule has 28 heavy (non-hydrogen) atoms. The van der Waals surface area contributed by atoms with Crippen LogP contribution in [0.5, 0.6) is 0 Å². The van der Waals surface area contributed by atoms with E-state index in [1.807, 2.05) is 19.1 Å². The number of aryl methyl sites for hydroxylation is 3. The molecule has 1 atom stereocenters. The van der Waals surface area contributed by atoms with Crippen LogP contribution in [0.2, 0.25) is 0 Å². The summed E-state index contributed by atoms with van der Waals surface area (Å²) in [5.41, 5.74) is 6.51. The maximum absolute atomic E-state index is 12.5. The second kappa shape index (κ2) is 6.27. The van der Waals surface area contributed by atoms with E-state index in [-0.39, 0.29) is 11.8 Å². The minimum atomic E-state index is 0.00835. The highest BCUT2D eigenvalue weighted by atomic mass is 32.1. The minimum Gasteiger partial charge on any atom is -0.310 e. The molecular weight excluding hydrogens is 368 g/mol. The molecule has 1 unspecified atom stereocenters. The van der Waals surface area contributed by atoms with Crippen LogP contribution >= 0.6 is 11.3 Å². The molecule has 140 valence electrons. The quantitative estimate of drug-likeness (QED) is 0.532. The normalized spacial score (nSPS) is 16.2. The first kappa shape index (κ1) is 17.1. The first-order valence-electron chi connectivity index (χ1n) is 9.33. The Bertz CT molecular complexity index is 1240. The Labute approximate surface area is 167 Å². The van der Waals surface area contributed by atoms with Crippen molar-refractivity contribution < 1.29 is 4.79 Å². The zero-order valence-electron chi connectivity index (χ0n) is 16.0. The number of fused-ring (bicyclic) bond motifs is 2. The van der Waals surface area contributed by atoms with Gasteiger partial charge in [-0.25, -0.2) is 4.98 Å². The third-order valence-electron chi connectivity index (χ3n) is 5.26. The van der Waals surface area contributed by atoms with Gasteiger partial charge in [-0.3, -0.25) is 4.79 Å². The number of benzene rings is 2. The molecule has 0 saturated carbocycles. The standard InChI is InChI=1S/C22H20N4OS/c1-12-5-4-6-15(9-12)16-11-19(27)24-21-20(16)14(3)25-26(21)22-23-17-8-7-13(2)10-18(17)28-22/h4-10,16H,11H2,1-3H3,(H,24,27). The molecule has 0 spiro atoms. The van der Waals surface area contributed by atoms with E-state index < -0.39 is 0 Å². The van der Waals surface area contributed by atoms with E-state index in [9.17, 15) is 4.79 Å². The monoisotopic (exact) mass is 388 g/mol. The Hall–Kier alpha value is -2.99. The van der Waals surface area contributed by atoms with Gasteiger partial charge >= 0.3 is 0 Å². The molecule has 2 aromatic heterocycles. The van der Waals surface area contributed by atoms with E-state index in [0.29, 0.717) is 6.42 Å². The summed E-state index contributed by atoms with van der Waals surface area (Å²) in [6.07, 6.45) is 0.433. The van der Waals surface area contributed by atoms with Gasteiger partial charge in [-0.05, 0) is 44.0 Å². The summed E-state index contributed by atoms with van der Waals surface area (Å²) in [5, 5.41) is 8.58. The third-order valence-corrected chi connectivity index (χ3v) is 6.25. The summed E-state index contributed by atoms with van der Waals surface area (Å²) in [5.74, 6) is 0.766. The van der Waals surface area contributed by atoms with Crippen molar-refractivity contribution in [3.8, 4) is 5.13 Å². The molecule has 5 nitrogen and oxygen atoms in total. The van der Waals surface area contributed by atoms with Crippen LogP contribution in [0.25, 0.3) is 15.3 Å².